The maximum atomic E-state index is 11.7. The summed E-state index contributed by atoms with van der Waals surface area (Å²) < 4.78 is 81.6. The summed E-state index contributed by atoms with van der Waals surface area (Å²) in [6.07, 6.45) is 9.24. The van der Waals surface area contributed by atoms with Crippen molar-refractivity contribution in [3.63, 3.8) is 0 Å². The molecule has 0 unspecified atom stereocenters. The maximum Gasteiger partial charge on any atom is 2.00 e. The number of hydrogen-bond acceptors (Lipinski definition) is 8. The van der Waals surface area contributed by atoms with Gasteiger partial charge in [-0.3, -0.25) is 0 Å². The minimum absolute atomic E-state index is 0. The summed E-state index contributed by atoms with van der Waals surface area (Å²) in [6.45, 7) is 4.23. The summed E-state index contributed by atoms with van der Waals surface area (Å²) in [4.78, 5) is -0.472. The van der Waals surface area contributed by atoms with Gasteiger partial charge in [0.05, 0.1) is 0 Å². The van der Waals surface area contributed by atoms with Crippen LogP contribution in [0.5, 0.6) is 23.0 Å². The van der Waals surface area contributed by atoms with Gasteiger partial charge in [-0.2, -0.15) is 0 Å². The van der Waals surface area contributed by atoms with Crippen molar-refractivity contribution >= 4 is 58.0 Å². The topological polar surface area (TPSA) is 133 Å². The van der Waals surface area contributed by atoms with Crippen LogP contribution in [0.4, 0.5) is 0 Å². The van der Waals surface area contributed by atoms with E-state index in [-0.39, 0.29) is 59.0 Å². The molecule has 0 radical (unpaired) electrons. The van der Waals surface area contributed by atoms with Crippen molar-refractivity contribution in [2.75, 3.05) is 0 Å². The monoisotopic (exact) mass is 706 g/mol. The Morgan fingerprint density at radius 2 is 0.851 bits per heavy atom. The number of rotatable bonds is 16. The van der Waals surface area contributed by atoms with Crippen molar-refractivity contribution in [2.45, 2.75) is 87.8 Å². The first-order valence-electron chi connectivity index (χ1n) is 15.7. The molecular weight excluding hydrogens is 665 g/mol. The minimum atomic E-state index is -4.60. The predicted molar refractivity (Wildman–Crippen MR) is 183 cm³/mol. The number of ether oxygens (including phenoxy) is 2. The number of hydrogen-bond donors (Lipinski definition) is 0. The SMILES string of the molecule is CCCCCCc1cccc(Oc2ccccc2)c1S(=O)(=O)[O-].CCCCCCc1cccc(Oc2ccccc2)c1S(=O)(=O)[O-].[Ca+2]. The predicted octanol–water partition coefficient (Wildman–Crippen LogP) is 8.63. The Bertz CT molecular complexity index is 1580. The first kappa shape index (κ1) is 40.7. The average molecular weight is 707 g/mol. The third kappa shape index (κ3) is 13.9. The van der Waals surface area contributed by atoms with Crippen LogP contribution in [0.2, 0.25) is 0 Å². The minimum Gasteiger partial charge on any atom is -0.744 e. The molecule has 8 nitrogen and oxygen atoms in total. The van der Waals surface area contributed by atoms with Crippen molar-refractivity contribution < 1.29 is 35.4 Å². The molecule has 0 amide bonds. The molecule has 4 rings (SSSR count). The summed E-state index contributed by atoms with van der Waals surface area (Å²) in [6, 6.07) is 27.6. The molecule has 0 aliphatic heterocycles. The zero-order valence-corrected chi connectivity index (χ0v) is 30.9. The fourth-order valence-corrected chi connectivity index (χ4v) is 6.65. The van der Waals surface area contributed by atoms with E-state index in [4.69, 9.17) is 9.47 Å². The van der Waals surface area contributed by atoms with E-state index in [0.717, 1.165) is 51.4 Å². The zero-order chi connectivity index (χ0) is 33.4. The van der Waals surface area contributed by atoms with Crippen molar-refractivity contribution in [3.8, 4) is 23.0 Å². The summed E-state index contributed by atoms with van der Waals surface area (Å²) in [5, 5.41) is 0. The fraction of sp³-hybridized carbons (Fsp3) is 0.333. The molecule has 0 heterocycles. The summed E-state index contributed by atoms with van der Waals surface area (Å²) in [7, 11) is -9.20. The summed E-state index contributed by atoms with van der Waals surface area (Å²) in [5.74, 6) is 1.19. The van der Waals surface area contributed by atoms with Gasteiger partial charge in [-0.05, 0) is 73.2 Å². The third-order valence-corrected chi connectivity index (χ3v) is 9.09. The standard InChI is InChI=1S/2C18H22O4S.Ca/c2*1-2-3-4-6-10-15-11-9-14-17(18(15)23(19,20)21)22-16-12-7-5-8-13-16;/h2*5,7-9,11-14H,2-4,6,10H2,1H3,(H,19,20,21);/q;;+2/p-2. The zero-order valence-electron chi connectivity index (χ0n) is 27.1. The number of aryl methyl sites for hydroxylation is 2. The first-order valence-corrected chi connectivity index (χ1v) is 18.5. The molecule has 248 valence electrons. The Kier molecular flexibility index (Phi) is 18.0. The Morgan fingerprint density at radius 1 is 0.489 bits per heavy atom. The fourth-order valence-electron chi connectivity index (χ4n) is 4.96. The van der Waals surface area contributed by atoms with Crippen molar-refractivity contribution in [1.82, 2.24) is 0 Å². The molecule has 0 aromatic heterocycles. The van der Waals surface area contributed by atoms with E-state index < -0.39 is 20.2 Å². The second kappa shape index (κ2) is 20.8. The van der Waals surface area contributed by atoms with Crippen LogP contribution in [0.3, 0.4) is 0 Å². The normalized spacial score (nSPS) is 11.1. The second-order valence-electron chi connectivity index (χ2n) is 10.8. The Labute approximate surface area is 310 Å². The molecule has 0 aliphatic carbocycles. The summed E-state index contributed by atoms with van der Waals surface area (Å²) >= 11 is 0. The molecular formula is C36H42CaO8S2. The third-order valence-electron chi connectivity index (χ3n) is 7.16. The van der Waals surface area contributed by atoms with Gasteiger partial charge >= 0.3 is 37.7 Å². The van der Waals surface area contributed by atoms with Gasteiger partial charge in [-0.25, -0.2) is 16.8 Å². The van der Waals surface area contributed by atoms with Crippen LogP contribution in [-0.4, -0.2) is 63.7 Å². The van der Waals surface area contributed by atoms with E-state index in [2.05, 4.69) is 13.8 Å². The van der Waals surface area contributed by atoms with Gasteiger partial charge in [0.15, 0.2) is 0 Å². The quantitative estimate of drug-likeness (QED) is 0.0643. The van der Waals surface area contributed by atoms with E-state index in [1.807, 2.05) is 12.1 Å². The Hall–Kier alpha value is -2.44. The van der Waals surface area contributed by atoms with E-state index >= 15 is 0 Å². The summed E-state index contributed by atoms with van der Waals surface area (Å²) in [5.41, 5.74) is 1.06. The smallest absolute Gasteiger partial charge is 0.744 e. The molecule has 4 aromatic carbocycles. The van der Waals surface area contributed by atoms with Crippen LogP contribution < -0.4 is 9.47 Å². The molecule has 4 aromatic rings. The van der Waals surface area contributed by atoms with Crippen LogP contribution in [0, 0.1) is 0 Å². The van der Waals surface area contributed by atoms with Crippen molar-refractivity contribution in [1.29, 1.82) is 0 Å². The van der Waals surface area contributed by atoms with Crippen LogP contribution in [0.15, 0.2) is 107 Å². The number of unbranched alkanes of at least 4 members (excludes halogenated alkanes) is 6. The molecule has 11 heteroatoms. The number of benzene rings is 4. The maximum absolute atomic E-state index is 11.7. The largest absolute Gasteiger partial charge is 2.00 e. The van der Waals surface area contributed by atoms with Gasteiger partial charge in [-0.15, -0.1) is 0 Å². The van der Waals surface area contributed by atoms with Gasteiger partial charge in [0, 0.05) is 0 Å². The van der Waals surface area contributed by atoms with Crippen LogP contribution in [0.25, 0.3) is 0 Å². The molecule has 47 heavy (non-hydrogen) atoms. The molecule has 0 saturated heterocycles. The van der Waals surface area contributed by atoms with Crippen LogP contribution >= 0.6 is 0 Å². The van der Waals surface area contributed by atoms with Gasteiger partial charge < -0.3 is 18.6 Å². The van der Waals surface area contributed by atoms with Gasteiger partial charge in [-0.1, -0.05) is 113 Å². The van der Waals surface area contributed by atoms with E-state index in [1.54, 1.807) is 72.8 Å². The van der Waals surface area contributed by atoms with Crippen molar-refractivity contribution in [2.24, 2.45) is 0 Å². The van der Waals surface area contributed by atoms with Crippen molar-refractivity contribution in [3.05, 3.63) is 108 Å². The molecule has 0 bridgehead atoms. The van der Waals surface area contributed by atoms with E-state index in [1.165, 1.54) is 12.1 Å². The number of para-hydroxylation sites is 2. The average Bonchev–Trinajstić information content (AvgIpc) is 3.02. The Balaban J connectivity index is 0.000000320. The van der Waals surface area contributed by atoms with Crippen LogP contribution in [-0.2, 0) is 33.1 Å². The molecule has 0 N–H and O–H groups in total. The van der Waals surface area contributed by atoms with Crippen LogP contribution in [0.1, 0.15) is 76.3 Å². The molecule has 0 saturated carbocycles. The Morgan fingerprint density at radius 3 is 1.17 bits per heavy atom. The molecule has 0 atom stereocenters. The van der Waals surface area contributed by atoms with E-state index in [9.17, 15) is 25.9 Å². The van der Waals surface area contributed by atoms with Gasteiger partial charge in [0.2, 0.25) is 0 Å². The molecule has 0 fully saturated rings. The molecule has 0 spiro atoms. The second-order valence-corrected chi connectivity index (χ2v) is 13.5. The van der Waals surface area contributed by atoms with Gasteiger partial charge in [0.25, 0.3) is 0 Å². The molecule has 0 aliphatic rings. The van der Waals surface area contributed by atoms with E-state index in [0.29, 0.717) is 35.5 Å². The first-order chi connectivity index (χ1) is 22.0. The van der Waals surface area contributed by atoms with Gasteiger partial charge in [0.1, 0.15) is 53.0 Å².